The summed E-state index contributed by atoms with van der Waals surface area (Å²) < 4.78 is 10.5. The van der Waals surface area contributed by atoms with Gasteiger partial charge in [0.05, 0.1) is 19.8 Å². The number of primary amides is 1. The molecule has 0 fully saturated rings. The number of hydrogen-bond acceptors (Lipinski definition) is 5. The normalized spacial score (nSPS) is 13.3. The lowest BCUT2D eigenvalue weighted by Gasteiger charge is -2.11. The summed E-state index contributed by atoms with van der Waals surface area (Å²) in [5, 5.41) is 3.34. The van der Waals surface area contributed by atoms with Gasteiger partial charge in [-0.25, -0.2) is 0 Å². The fraction of sp³-hybridized carbons (Fsp3) is 0.300. The van der Waals surface area contributed by atoms with Gasteiger partial charge in [0.2, 0.25) is 5.91 Å². The van der Waals surface area contributed by atoms with Crippen LogP contribution in [0.5, 0.6) is 11.5 Å². The highest BCUT2D eigenvalue weighted by Gasteiger charge is 2.24. The van der Waals surface area contributed by atoms with E-state index in [1.54, 1.807) is 38.5 Å². The average Bonchev–Trinajstić information content (AvgIpc) is 3.04. The molecule has 0 radical (unpaired) electrons. The number of ether oxygens (including phenoxy) is 2. The molecule has 0 aliphatic heterocycles. The van der Waals surface area contributed by atoms with Crippen LogP contribution in [0.25, 0.3) is 6.08 Å². The van der Waals surface area contributed by atoms with Crippen molar-refractivity contribution in [3.05, 3.63) is 45.8 Å². The lowest BCUT2D eigenvalue weighted by molar-refractivity contribution is -0.111. The smallest absolute Gasteiger partial charge is 0.251 e. The van der Waals surface area contributed by atoms with E-state index in [4.69, 9.17) is 15.2 Å². The van der Waals surface area contributed by atoms with Crippen molar-refractivity contribution in [1.82, 2.24) is 0 Å². The fourth-order valence-electron chi connectivity index (χ4n) is 3.19. The summed E-state index contributed by atoms with van der Waals surface area (Å²) in [4.78, 5) is 25.4. The van der Waals surface area contributed by atoms with E-state index in [0.717, 1.165) is 41.7 Å². The number of anilines is 1. The first-order valence-corrected chi connectivity index (χ1v) is 9.50. The third-order valence-electron chi connectivity index (χ3n) is 4.51. The Morgan fingerprint density at radius 1 is 1.19 bits per heavy atom. The van der Waals surface area contributed by atoms with Crippen molar-refractivity contribution in [3.63, 3.8) is 0 Å². The summed E-state index contributed by atoms with van der Waals surface area (Å²) in [6.45, 7) is 0. The highest BCUT2D eigenvalue weighted by molar-refractivity contribution is 7.17. The van der Waals surface area contributed by atoms with E-state index in [1.807, 2.05) is 0 Å². The molecule has 0 saturated carbocycles. The molecule has 0 atom stereocenters. The Hall–Kier alpha value is -2.80. The van der Waals surface area contributed by atoms with E-state index in [-0.39, 0.29) is 5.91 Å². The van der Waals surface area contributed by atoms with Gasteiger partial charge in [0.25, 0.3) is 5.91 Å². The second-order valence-corrected chi connectivity index (χ2v) is 7.31. The van der Waals surface area contributed by atoms with Crippen LogP contribution in [0.3, 0.4) is 0 Å². The molecular weight excluding hydrogens is 364 g/mol. The Balaban J connectivity index is 1.79. The van der Waals surface area contributed by atoms with Gasteiger partial charge >= 0.3 is 0 Å². The number of benzene rings is 1. The zero-order valence-corrected chi connectivity index (χ0v) is 16.2. The van der Waals surface area contributed by atoms with Crippen molar-refractivity contribution in [2.45, 2.75) is 25.7 Å². The lowest BCUT2D eigenvalue weighted by atomic mass is 9.95. The molecule has 7 heteroatoms. The Morgan fingerprint density at radius 3 is 2.67 bits per heavy atom. The second-order valence-electron chi connectivity index (χ2n) is 6.21. The molecule has 3 N–H and O–H groups in total. The summed E-state index contributed by atoms with van der Waals surface area (Å²) >= 11 is 1.44. The minimum atomic E-state index is -0.495. The van der Waals surface area contributed by atoms with Crippen LogP contribution in [-0.2, 0) is 17.6 Å². The Kier molecular flexibility index (Phi) is 5.81. The van der Waals surface area contributed by atoms with Crippen molar-refractivity contribution in [2.24, 2.45) is 5.73 Å². The molecule has 142 valence electrons. The first kappa shape index (κ1) is 19.0. The topological polar surface area (TPSA) is 90.6 Å². The summed E-state index contributed by atoms with van der Waals surface area (Å²) in [5.41, 5.74) is 7.76. The average molecular weight is 386 g/mol. The molecule has 2 amide bonds. The van der Waals surface area contributed by atoms with Crippen LogP contribution in [0.4, 0.5) is 5.00 Å². The van der Waals surface area contributed by atoms with Gasteiger partial charge in [0, 0.05) is 22.6 Å². The van der Waals surface area contributed by atoms with Gasteiger partial charge in [-0.15, -0.1) is 11.3 Å². The lowest BCUT2D eigenvalue weighted by Crippen LogP contribution is -2.17. The van der Waals surface area contributed by atoms with Gasteiger partial charge in [-0.05, 0) is 49.5 Å². The first-order chi connectivity index (χ1) is 13.0. The van der Waals surface area contributed by atoms with E-state index in [1.165, 1.54) is 17.4 Å². The molecular formula is C20H22N2O4S. The van der Waals surface area contributed by atoms with Gasteiger partial charge in [0.15, 0.2) is 0 Å². The number of nitrogens with one attached hydrogen (secondary N) is 1. The monoisotopic (exact) mass is 386 g/mol. The van der Waals surface area contributed by atoms with Crippen molar-refractivity contribution in [2.75, 3.05) is 19.5 Å². The third kappa shape index (κ3) is 4.14. The molecule has 0 spiro atoms. The maximum absolute atomic E-state index is 12.4. The number of thiophene rings is 1. The van der Waals surface area contributed by atoms with Crippen LogP contribution in [0.2, 0.25) is 0 Å². The Bertz CT molecular complexity index is 902. The van der Waals surface area contributed by atoms with Gasteiger partial charge in [-0.2, -0.15) is 0 Å². The maximum Gasteiger partial charge on any atom is 0.251 e. The van der Waals surface area contributed by atoms with Gasteiger partial charge in [-0.1, -0.05) is 0 Å². The number of amides is 2. The molecule has 1 aromatic carbocycles. The van der Waals surface area contributed by atoms with Crippen molar-refractivity contribution in [1.29, 1.82) is 0 Å². The van der Waals surface area contributed by atoms with Crippen LogP contribution < -0.4 is 20.5 Å². The number of hydrogen-bond donors (Lipinski definition) is 2. The van der Waals surface area contributed by atoms with Crippen LogP contribution in [0, 0.1) is 0 Å². The molecule has 1 aromatic heterocycles. The molecule has 1 aliphatic carbocycles. The summed E-state index contributed by atoms with van der Waals surface area (Å²) in [5.74, 6) is 0.450. The van der Waals surface area contributed by atoms with E-state index in [9.17, 15) is 9.59 Å². The molecule has 1 heterocycles. The zero-order valence-electron chi connectivity index (χ0n) is 15.3. The first-order valence-electron chi connectivity index (χ1n) is 8.69. The molecule has 2 aromatic rings. The zero-order chi connectivity index (χ0) is 19.4. The molecule has 27 heavy (non-hydrogen) atoms. The number of rotatable bonds is 6. The van der Waals surface area contributed by atoms with Gasteiger partial charge in [-0.3, -0.25) is 9.59 Å². The van der Waals surface area contributed by atoms with Crippen molar-refractivity contribution in [3.8, 4) is 11.5 Å². The number of methoxy groups -OCH3 is 2. The number of carbonyl (C=O) groups excluding carboxylic acids is 2. The molecule has 6 nitrogen and oxygen atoms in total. The van der Waals surface area contributed by atoms with Crippen LogP contribution in [0.15, 0.2) is 24.3 Å². The fourth-order valence-corrected chi connectivity index (χ4v) is 4.49. The highest BCUT2D eigenvalue weighted by Crippen LogP contribution is 2.38. The van der Waals surface area contributed by atoms with Crippen LogP contribution in [0.1, 0.15) is 39.2 Å². The summed E-state index contributed by atoms with van der Waals surface area (Å²) in [6, 6.07) is 5.34. The third-order valence-corrected chi connectivity index (χ3v) is 5.72. The van der Waals surface area contributed by atoms with E-state index < -0.39 is 5.91 Å². The minimum Gasteiger partial charge on any atom is -0.497 e. The predicted octanol–water partition coefficient (Wildman–Crippen LogP) is 3.39. The Labute approximate surface area is 162 Å². The number of nitrogens with two attached hydrogens (primary N) is 1. The van der Waals surface area contributed by atoms with Crippen LogP contribution in [-0.4, -0.2) is 26.0 Å². The molecule has 0 saturated heterocycles. The molecule has 3 rings (SSSR count). The molecule has 1 aliphatic rings. The molecule has 0 unspecified atom stereocenters. The quantitative estimate of drug-likeness (QED) is 0.745. The SMILES string of the molecule is COc1ccc(C=CC(=O)Nc2sc3c(c2C(N)=O)CCCC3)c(OC)c1. The van der Waals surface area contributed by atoms with E-state index >= 15 is 0 Å². The molecule has 0 bridgehead atoms. The largest absolute Gasteiger partial charge is 0.497 e. The summed E-state index contributed by atoms with van der Waals surface area (Å²) in [6.07, 6.45) is 6.96. The highest BCUT2D eigenvalue weighted by atomic mass is 32.1. The number of fused-ring (bicyclic) bond motifs is 1. The van der Waals surface area contributed by atoms with Crippen LogP contribution >= 0.6 is 11.3 Å². The predicted molar refractivity (Wildman–Crippen MR) is 107 cm³/mol. The van der Waals surface area contributed by atoms with E-state index in [2.05, 4.69) is 5.32 Å². The van der Waals surface area contributed by atoms with Gasteiger partial charge < -0.3 is 20.5 Å². The number of carbonyl (C=O) groups is 2. The standard InChI is InChI=1S/C20H22N2O4S/c1-25-13-9-7-12(15(11-13)26-2)8-10-17(23)22-20-18(19(21)24)14-5-3-4-6-16(14)27-20/h7-11H,3-6H2,1-2H3,(H2,21,24)(H,22,23). The number of aryl methyl sites for hydroxylation is 1. The van der Waals surface area contributed by atoms with Crippen molar-refractivity contribution >= 4 is 34.2 Å². The minimum absolute atomic E-state index is 0.325. The summed E-state index contributed by atoms with van der Waals surface area (Å²) in [7, 11) is 3.14. The van der Waals surface area contributed by atoms with Crippen molar-refractivity contribution < 1.29 is 19.1 Å². The maximum atomic E-state index is 12.4. The van der Waals surface area contributed by atoms with Gasteiger partial charge in [0.1, 0.15) is 16.5 Å². The Morgan fingerprint density at radius 2 is 1.96 bits per heavy atom. The van der Waals surface area contributed by atoms with E-state index in [0.29, 0.717) is 22.1 Å². The second kappa shape index (κ2) is 8.26.